The first kappa shape index (κ1) is 31.8. The molecule has 2 N–H and O–H groups in total. The van der Waals surface area contributed by atoms with E-state index in [0.29, 0.717) is 31.0 Å². The van der Waals surface area contributed by atoms with Crippen LogP contribution in [0.4, 0.5) is 5.69 Å². The fourth-order valence-electron chi connectivity index (χ4n) is 9.20. The van der Waals surface area contributed by atoms with Crippen molar-refractivity contribution in [1.29, 1.82) is 0 Å². The Bertz CT molecular complexity index is 1280. The Morgan fingerprint density at radius 3 is 2.20 bits per heavy atom. The zero-order chi connectivity index (χ0) is 31.6. The van der Waals surface area contributed by atoms with E-state index in [9.17, 15) is 9.59 Å². The van der Waals surface area contributed by atoms with E-state index in [1.807, 2.05) is 20.1 Å². The van der Waals surface area contributed by atoms with Gasteiger partial charge in [-0.05, 0) is 124 Å². The summed E-state index contributed by atoms with van der Waals surface area (Å²) in [5.41, 5.74) is 8.59. The molecule has 1 aromatic rings. The van der Waals surface area contributed by atoms with Crippen LogP contribution in [0, 0.1) is 29.1 Å². The minimum Gasteiger partial charge on any atom is -0.378 e. The molecule has 244 valence electrons. The van der Waals surface area contributed by atoms with Crippen molar-refractivity contribution in [1.82, 2.24) is 15.6 Å². The summed E-state index contributed by atoms with van der Waals surface area (Å²) < 4.78 is 5.66. The van der Waals surface area contributed by atoms with Crippen molar-refractivity contribution >= 4 is 29.8 Å². The maximum atomic E-state index is 13.7. The van der Waals surface area contributed by atoms with E-state index in [1.54, 1.807) is 0 Å². The molecule has 4 saturated carbocycles. The second kappa shape index (κ2) is 13.7. The van der Waals surface area contributed by atoms with Crippen molar-refractivity contribution in [2.24, 2.45) is 34.2 Å². The van der Waals surface area contributed by atoms with Gasteiger partial charge in [-0.25, -0.2) is 5.43 Å². The molecule has 0 aromatic heterocycles. The monoisotopic (exact) mass is 615 g/mol. The summed E-state index contributed by atoms with van der Waals surface area (Å²) in [4.78, 5) is 31.9. The van der Waals surface area contributed by atoms with Gasteiger partial charge < -0.3 is 19.9 Å². The SMILES string of the molecule is CCN(CC)c1ccc(/C=C2\CCC(/C=N\NC(=O)[C@H](NC(=O)C34CC5CC(CC(C5)C3)C4)C(C)C)=C2N2CCOCC2)cc1. The number of amides is 2. The highest BCUT2D eigenvalue weighted by molar-refractivity contribution is 5.91. The summed E-state index contributed by atoms with van der Waals surface area (Å²) in [7, 11) is 0. The smallest absolute Gasteiger partial charge is 0.262 e. The van der Waals surface area contributed by atoms with Gasteiger partial charge in [0.25, 0.3) is 5.91 Å². The van der Waals surface area contributed by atoms with Gasteiger partial charge in [0.05, 0.1) is 19.4 Å². The summed E-state index contributed by atoms with van der Waals surface area (Å²) in [5, 5.41) is 7.66. The fraction of sp³-hybridized carbons (Fsp3) is 0.649. The highest BCUT2D eigenvalue weighted by atomic mass is 16.5. The highest BCUT2D eigenvalue weighted by Crippen LogP contribution is 2.60. The number of nitrogens with zero attached hydrogens (tertiary/aromatic N) is 3. The molecular formula is C37H53N5O3. The van der Waals surface area contributed by atoms with Crippen LogP contribution in [0.5, 0.6) is 0 Å². The van der Waals surface area contributed by atoms with Crippen molar-refractivity contribution < 1.29 is 14.3 Å². The Balaban J connectivity index is 1.15. The predicted octanol–water partition coefficient (Wildman–Crippen LogP) is 5.76. The zero-order valence-corrected chi connectivity index (χ0v) is 27.8. The summed E-state index contributed by atoms with van der Waals surface area (Å²) in [5.74, 6) is 1.87. The Morgan fingerprint density at radius 2 is 1.62 bits per heavy atom. The average molecular weight is 616 g/mol. The van der Waals surface area contributed by atoms with Crippen LogP contribution in [0.15, 0.2) is 46.2 Å². The summed E-state index contributed by atoms with van der Waals surface area (Å²) in [6, 6.07) is 8.21. The molecule has 8 nitrogen and oxygen atoms in total. The normalized spacial score (nSPS) is 29.2. The number of rotatable bonds is 11. The van der Waals surface area contributed by atoms with Gasteiger partial charge in [0, 0.05) is 43.0 Å². The number of carbonyl (C=O) groups is 2. The molecule has 1 heterocycles. The number of hydrazone groups is 1. The number of hydrogen-bond donors (Lipinski definition) is 2. The third-order valence-electron chi connectivity index (χ3n) is 11.1. The van der Waals surface area contributed by atoms with E-state index in [0.717, 1.165) is 63.9 Å². The van der Waals surface area contributed by atoms with E-state index < -0.39 is 6.04 Å². The molecule has 0 unspecified atom stereocenters. The van der Waals surface area contributed by atoms with Crippen molar-refractivity contribution in [3.05, 3.63) is 46.7 Å². The Kier molecular flexibility index (Phi) is 9.69. The first-order valence-electron chi connectivity index (χ1n) is 17.5. The zero-order valence-electron chi connectivity index (χ0n) is 27.8. The van der Waals surface area contributed by atoms with E-state index in [2.05, 4.69) is 69.8 Å². The molecule has 6 aliphatic rings. The highest BCUT2D eigenvalue weighted by Gasteiger charge is 2.55. The van der Waals surface area contributed by atoms with E-state index in [4.69, 9.17) is 4.74 Å². The molecule has 8 heteroatoms. The fourth-order valence-corrected chi connectivity index (χ4v) is 9.20. The lowest BCUT2D eigenvalue weighted by Gasteiger charge is -2.55. The van der Waals surface area contributed by atoms with Gasteiger partial charge in [-0.1, -0.05) is 26.0 Å². The Morgan fingerprint density at radius 1 is 1.00 bits per heavy atom. The number of nitrogens with one attached hydrogen (secondary N) is 2. The van der Waals surface area contributed by atoms with Crippen molar-refractivity contribution in [2.45, 2.75) is 85.1 Å². The predicted molar refractivity (Wildman–Crippen MR) is 181 cm³/mol. The van der Waals surface area contributed by atoms with Crippen LogP contribution in [-0.2, 0) is 14.3 Å². The molecule has 0 spiro atoms. The van der Waals surface area contributed by atoms with Crippen molar-refractivity contribution in [2.75, 3.05) is 44.3 Å². The molecule has 1 atom stereocenters. The maximum absolute atomic E-state index is 13.7. The molecule has 5 fully saturated rings. The molecule has 1 aromatic carbocycles. The summed E-state index contributed by atoms with van der Waals surface area (Å²) >= 11 is 0. The number of anilines is 1. The lowest BCUT2D eigenvalue weighted by molar-refractivity contribution is -0.149. The maximum Gasteiger partial charge on any atom is 0.262 e. The minimum atomic E-state index is -0.603. The second-order valence-corrected chi connectivity index (χ2v) is 14.5. The summed E-state index contributed by atoms with van der Waals surface area (Å²) in [6.45, 7) is 13.4. The van der Waals surface area contributed by atoms with E-state index in [1.165, 1.54) is 41.8 Å². The van der Waals surface area contributed by atoms with E-state index in [-0.39, 0.29) is 23.1 Å². The molecular weight excluding hydrogens is 562 g/mol. The van der Waals surface area contributed by atoms with Crippen LogP contribution < -0.4 is 15.6 Å². The lowest BCUT2D eigenvalue weighted by Crippen LogP contribution is -2.58. The summed E-state index contributed by atoms with van der Waals surface area (Å²) in [6.07, 6.45) is 12.8. The van der Waals surface area contributed by atoms with Gasteiger partial charge in [0.2, 0.25) is 5.91 Å². The molecule has 45 heavy (non-hydrogen) atoms. The molecule has 7 rings (SSSR count). The van der Waals surface area contributed by atoms with Crippen LogP contribution in [0.1, 0.15) is 84.6 Å². The number of hydrogen-bond acceptors (Lipinski definition) is 6. The molecule has 0 radical (unpaired) electrons. The van der Waals surface area contributed by atoms with Gasteiger partial charge in [0.15, 0.2) is 0 Å². The van der Waals surface area contributed by atoms with Gasteiger partial charge in [-0.15, -0.1) is 0 Å². The first-order chi connectivity index (χ1) is 21.8. The molecule has 1 saturated heterocycles. The second-order valence-electron chi connectivity index (χ2n) is 14.5. The number of benzene rings is 1. The largest absolute Gasteiger partial charge is 0.378 e. The number of morpholine rings is 1. The van der Waals surface area contributed by atoms with Gasteiger partial charge in [-0.2, -0.15) is 5.10 Å². The Labute approximate surface area is 269 Å². The van der Waals surface area contributed by atoms with Gasteiger partial charge >= 0.3 is 0 Å². The van der Waals surface area contributed by atoms with Crippen molar-refractivity contribution in [3.63, 3.8) is 0 Å². The quantitative estimate of drug-likeness (QED) is 0.244. The standard InChI is InChI=1S/C37H53N5O3/c1-5-41(6-2)32-11-7-26(8-12-32)20-30-9-10-31(34(30)42-13-15-45-16-14-42)24-38-40-35(43)33(25(3)4)39-36(44)37-21-27-17-28(22-37)19-29(18-27)23-37/h7-8,11-12,20,24-25,27-29,33H,5-6,9-10,13-19,21-23H2,1-4H3,(H,39,44)(H,40,43)/b30-20+,38-24-/t27?,28?,29?,33-,37?/m1/s1. The van der Waals surface area contributed by atoms with Gasteiger partial charge in [0.1, 0.15) is 6.04 Å². The molecule has 2 amide bonds. The Hall–Kier alpha value is -3.13. The van der Waals surface area contributed by atoms with Crippen LogP contribution in [-0.4, -0.2) is 68.4 Å². The molecule has 4 bridgehead atoms. The molecule has 1 aliphatic heterocycles. The van der Waals surface area contributed by atoms with Crippen LogP contribution in [0.2, 0.25) is 0 Å². The van der Waals surface area contributed by atoms with Crippen LogP contribution in [0.25, 0.3) is 6.08 Å². The van der Waals surface area contributed by atoms with Gasteiger partial charge in [-0.3, -0.25) is 9.59 Å². The van der Waals surface area contributed by atoms with E-state index >= 15 is 0 Å². The first-order valence-corrected chi connectivity index (χ1v) is 17.5. The topological polar surface area (TPSA) is 86.3 Å². The third kappa shape index (κ3) is 6.86. The van der Waals surface area contributed by atoms with Crippen LogP contribution >= 0.6 is 0 Å². The average Bonchev–Trinajstić information content (AvgIpc) is 3.42. The third-order valence-corrected chi connectivity index (χ3v) is 11.1. The lowest BCUT2D eigenvalue weighted by atomic mass is 9.49. The van der Waals surface area contributed by atoms with Crippen LogP contribution in [0.3, 0.4) is 0 Å². The number of ether oxygens (including phenoxy) is 1. The number of allylic oxidation sites excluding steroid dienone is 2. The van der Waals surface area contributed by atoms with Crippen molar-refractivity contribution in [3.8, 4) is 0 Å². The molecule has 5 aliphatic carbocycles. The minimum absolute atomic E-state index is 0.0321. The number of carbonyl (C=O) groups excluding carboxylic acids is 2.